The highest BCUT2D eigenvalue weighted by Gasteiger charge is 2.16. The van der Waals surface area contributed by atoms with Crippen molar-refractivity contribution in [2.45, 2.75) is 6.42 Å². The lowest BCUT2D eigenvalue weighted by atomic mass is 10.0. The predicted octanol–water partition coefficient (Wildman–Crippen LogP) is 0.359. The van der Waals surface area contributed by atoms with Crippen LogP contribution in [0, 0.1) is 17.2 Å². The van der Waals surface area contributed by atoms with Gasteiger partial charge in [0.15, 0.2) is 0 Å². The number of carbonyl (C=O) groups excluding carboxylic acids is 1. The average molecular weight is 189 g/mol. The Bertz CT molecular complexity index is 342. The van der Waals surface area contributed by atoms with Crippen LogP contribution >= 0.6 is 0 Å². The Labute approximate surface area is 82.3 Å². The van der Waals surface area contributed by atoms with E-state index in [2.05, 4.69) is 0 Å². The number of nitriles is 1. The van der Waals surface area contributed by atoms with Gasteiger partial charge in [-0.25, -0.2) is 5.84 Å². The van der Waals surface area contributed by atoms with Gasteiger partial charge in [0.05, 0.1) is 6.07 Å². The Morgan fingerprint density at radius 2 is 2.14 bits per heavy atom. The molecule has 14 heavy (non-hydrogen) atoms. The van der Waals surface area contributed by atoms with Crippen LogP contribution in [0.3, 0.4) is 0 Å². The van der Waals surface area contributed by atoms with E-state index in [4.69, 9.17) is 11.1 Å². The standard InChI is InChI=1S/C10H11N3O/c11-7-9(10(14)13-12)6-8-4-2-1-3-5-8/h1-5,9H,6,12H2,(H,13,14). The summed E-state index contributed by atoms with van der Waals surface area (Å²) in [6.07, 6.45) is 0.389. The molecule has 0 aliphatic heterocycles. The molecule has 72 valence electrons. The van der Waals surface area contributed by atoms with Gasteiger partial charge in [-0.3, -0.25) is 10.2 Å². The van der Waals surface area contributed by atoms with E-state index >= 15 is 0 Å². The number of nitrogens with one attached hydrogen (secondary N) is 1. The molecule has 4 nitrogen and oxygen atoms in total. The summed E-state index contributed by atoms with van der Waals surface area (Å²) in [5.41, 5.74) is 2.92. The third-order valence-electron chi connectivity index (χ3n) is 1.90. The Hall–Kier alpha value is -1.86. The van der Waals surface area contributed by atoms with Crippen molar-refractivity contribution in [3.05, 3.63) is 35.9 Å². The zero-order valence-corrected chi connectivity index (χ0v) is 7.60. The Balaban J connectivity index is 2.68. The maximum absolute atomic E-state index is 11.1. The second kappa shape index (κ2) is 5.00. The molecule has 0 heterocycles. The molecule has 4 heteroatoms. The lowest BCUT2D eigenvalue weighted by Crippen LogP contribution is -2.36. The van der Waals surface area contributed by atoms with Crippen molar-refractivity contribution in [3.63, 3.8) is 0 Å². The van der Waals surface area contributed by atoms with Crippen LogP contribution in [0.4, 0.5) is 0 Å². The molecule has 0 saturated carbocycles. The number of hydrogen-bond acceptors (Lipinski definition) is 3. The highest BCUT2D eigenvalue weighted by atomic mass is 16.2. The molecule has 1 aromatic carbocycles. The fourth-order valence-electron chi connectivity index (χ4n) is 1.15. The first-order chi connectivity index (χ1) is 6.77. The first-order valence-electron chi connectivity index (χ1n) is 4.22. The Morgan fingerprint density at radius 1 is 1.50 bits per heavy atom. The van der Waals surface area contributed by atoms with Gasteiger partial charge in [-0.2, -0.15) is 5.26 Å². The zero-order chi connectivity index (χ0) is 10.4. The first kappa shape index (κ1) is 10.2. The third-order valence-corrected chi connectivity index (χ3v) is 1.90. The number of amides is 1. The number of carbonyl (C=O) groups is 1. The van der Waals surface area contributed by atoms with Gasteiger partial charge in [-0.05, 0) is 12.0 Å². The minimum atomic E-state index is -0.720. The van der Waals surface area contributed by atoms with Crippen LogP contribution < -0.4 is 11.3 Å². The van der Waals surface area contributed by atoms with E-state index in [-0.39, 0.29) is 0 Å². The van der Waals surface area contributed by atoms with Crippen LogP contribution in [0.25, 0.3) is 0 Å². The fourth-order valence-corrected chi connectivity index (χ4v) is 1.15. The second-order valence-corrected chi connectivity index (χ2v) is 2.88. The van der Waals surface area contributed by atoms with Crippen molar-refractivity contribution in [2.75, 3.05) is 0 Å². The van der Waals surface area contributed by atoms with Gasteiger partial charge in [0.1, 0.15) is 5.92 Å². The zero-order valence-electron chi connectivity index (χ0n) is 7.60. The first-order valence-corrected chi connectivity index (χ1v) is 4.22. The van der Waals surface area contributed by atoms with E-state index in [9.17, 15) is 4.79 Å². The van der Waals surface area contributed by atoms with Crippen LogP contribution in [0.15, 0.2) is 30.3 Å². The molecule has 3 N–H and O–H groups in total. The van der Waals surface area contributed by atoms with Gasteiger partial charge in [-0.15, -0.1) is 0 Å². The monoisotopic (exact) mass is 189 g/mol. The van der Waals surface area contributed by atoms with Crippen LogP contribution in [-0.4, -0.2) is 5.91 Å². The molecule has 0 aromatic heterocycles. The number of nitrogens with two attached hydrogens (primary N) is 1. The molecule has 0 saturated heterocycles. The predicted molar refractivity (Wildman–Crippen MR) is 51.6 cm³/mol. The van der Waals surface area contributed by atoms with Gasteiger partial charge < -0.3 is 0 Å². The largest absolute Gasteiger partial charge is 0.293 e. The molecule has 0 aliphatic rings. The summed E-state index contributed by atoms with van der Waals surface area (Å²) in [4.78, 5) is 11.1. The fraction of sp³-hybridized carbons (Fsp3) is 0.200. The molecular formula is C10H11N3O. The van der Waals surface area contributed by atoms with E-state index < -0.39 is 11.8 Å². The molecule has 1 aromatic rings. The number of benzene rings is 1. The minimum absolute atomic E-state index is 0.389. The second-order valence-electron chi connectivity index (χ2n) is 2.88. The molecule has 0 fully saturated rings. The summed E-state index contributed by atoms with van der Waals surface area (Å²) in [6, 6.07) is 11.3. The Morgan fingerprint density at radius 3 is 2.64 bits per heavy atom. The minimum Gasteiger partial charge on any atom is -0.293 e. The molecule has 1 unspecified atom stereocenters. The molecular weight excluding hydrogens is 178 g/mol. The average Bonchev–Trinajstić information content (AvgIpc) is 2.26. The van der Waals surface area contributed by atoms with Crippen LogP contribution in [0.1, 0.15) is 5.56 Å². The maximum atomic E-state index is 11.1. The van der Waals surface area contributed by atoms with Gasteiger partial charge in [0, 0.05) is 0 Å². The molecule has 1 rings (SSSR count). The highest BCUT2D eigenvalue weighted by molar-refractivity contribution is 5.80. The molecule has 1 atom stereocenters. The summed E-state index contributed by atoms with van der Waals surface area (Å²) in [5, 5.41) is 8.72. The smallest absolute Gasteiger partial charge is 0.251 e. The van der Waals surface area contributed by atoms with Gasteiger partial charge in [0.25, 0.3) is 5.91 Å². The third kappa shape index (κ3) is 2.57. The van der Waals surface area contributed by atoms with Gasteiger partial charge in [0.2, 0.25) is 0 Å². The lowest BCUT2D eigenvalue weighted by molar-refractivity contribution is -0.123. The normalized spacial score (nSPS) is 11.4. The summed E-state index contributed by atoms with van der Waals surface area (Å²) in [7, 11) is 0. The topological polar surface area (TPSA) is 78.9 Å². The molecule has 0 bridgehead atoms. The SMILES string of the molecule is N#CC(Cc1ccccc1)C(=O)NN. The molecule has 0 spiro atoms. The summed E-state index contributed by atoms with van der Waals surface area (Å²) >= 11 is 0. The van der Waals surface area contributed by atoms with Crippen LogP contribution in [0.5, 0.6) is 0 Å². The quantitative estimate of drug-likeness (QED) is 0.409. The van der Waals surface area contributed by atoms with Crippen molar-refractivity contribution in [3.8, 4) is 6.07 Å². The van der Waals surface area contributed by atoms with Crippen molar-refractivity contribution in [2.24, 2.45) is 11.8 Å². The van der Waals surface area contributed by atoms with Crippen molar-refractivity contribution >= 4 is 5.91 Å². The summed E-state index contributed by atoms with van der Waals surface area (Å²) in [5.74, 6) is 3.78. The number of rotatable bonds is 3. The van der Waals surface area contributed by atoms with Crippen molar-refractivity contribution in [1.82, 2.24) is 5.43 Å². The maximum Gasteiger partial charge on any atom is 0.251 e. The molecule has 1 amide bonds. The summed E-state index contributed by atoms with van der Waals surface area (Å²) in [6.45, 7) is 0. The molecule has 0 radical (unpaired) electrons. The van der Waals surface area contributed by atoms with E-state index in [0.717, 1.165) is 5.56 Å². The van der Waals surface area contributed by atoms with Crippen molar-refractivity contribution in [1.29, 1.82) is 5.26 Å². The Kier molecular flexibility index (Phi) is 3.65. The van der Waals surface area contributed by atoms with E-state index in [1.54, 1.807) is 0 Å². The number of hydrogen-bond donors (Lipinski definition) is 2. The van der Waals surface area contributed by atoms with Crippen molar-refractivity contribution < 1.29 is 4.79 Å². The van der Waals surface area contributed by atoms with E-state index in [0.29, 0.717) is 6.42 Å². The van der Waals surface area contributed by atoms with Gasteiger partial charge in [-0.1, -0.05) is 30.3 Å². The lowest BCUT2D eigenvalue weighted by Gasteiger charge is -2.06. The van der Waals surface area contributed by atoms with Gasteiger partial charge >= 0.3 is 0 Å². The van der Waals surface area contributed by atoms with Crippen LogP contribution in [-0.2, 0) is 11.2 Å². The van der Waals surface area contributed by atoms with E-state index in [1.807, 2.05) is 41.8 Å². The van der Waals surface area contributed by atoms with Crippen LogP contribution in [0.2, 0.25) is 0 Å². The highest BCUT2D eigenvalue weighted by Crippen LogP contribution is 2.07. The molecule has 0 aliphatic carbocycles. The van der Waals surface area contributed by atoms with E-state index in [1.165, 1.54) is 0 Å². The summed E-state index contributed by atoms with van der Waals surface area (Å²) < 4.78 is 0. The number of hydrazine groups is 1. The number of nitrogens with zero attached hydrogens (tertiary/aromatic N) is 1.